The molecule has 0 saturated heterocycles. The minimum atomic E-state index is -1.14. The lowest BCUT2D eigenvalue weighted by molar-refractivity contribution is 0.173. The Morgan fingerprint density at radius 3 is 2.93 bits per heavy atom. The van der Waals surface area contributed by atoms with Gasteiger partial charge >= 0.3 is 0 Å². The average molecular weight is 195 g/mol. The molecule has 0 bridgehead atoms. The normalized spacial score (nSPS) is 11.9. The maximum absolute atomic E-state index is 13.3. The van der Waals surface area contributed by atoms with Crippen LogP contribution < -0.4 is 4.74 Å². The van der Waals surface area contributed by atoms with Crippen LogP contribution in [0.5, 0.6) is 5.75 Å². The summed E-state index contributed by atoms with van der Waals surface area (Å²) in [6, 6.07) is 6.02. The Morgan fingerprint density at radius 2 is 2.36 bits per heavy atom. The first-order valence-electron chi connectivity index (χ1n) is 4.08. The zero-order valence-electron chi connectivity index (χ0n) is 7.70. The van der Waals surface area contributed by atoms with Gasteiger partial charge in [0.1, 0.15) is 11.6 Å². The fourth-order valence-corrected chi connectivity index (χ4v) is 1.21. The predicted molar refractivity (Wildman–Crippen MR) is 48.1 cm³/mol. The lowest BCUT2D eigenvalue weighted by atomic mass is 10.1. The first-order chi connectivity index (χ1) is 6.70. The molecule has 0 saturated carbocycles. The van der Waals surface area contributed by atoms with Crippen LogP contribution in [0.1, 0.15) is 18.1 Å². The molecule has 1 aromatic rings. The SMILES string of the molecule is COc1cccc(F)c1C(O)CC#N. The van der Waals surface area contributed by atoms with E-state index >= 15 is 0 Å². The quantitative estimate of drug-likeness (QED) is 0.799. The third-order valence-electron chi connectivity index (χ3n) is 1.85. The van der Waals surface area contributed by atoms with E-state index in [1.54, 1.807) is 12.1 Å². The van der Waals surface area contributed by atoms with E-state index in [9.17, 15) is 9.50 Å². The molecule has 0 aliphatic rings. The summed E-state index contributed by atoms with van der Waals surface area (Å²) in [6.07, 6.45) is -1.30. The zero-order valence-corrected chi connectivity index (χ0v) is 7.70. The third-order valence-corrected chi connectivity index (χ3v) is 1.85. The van der Waals surface area contributed by atoms with Crippen molar-refractivity contribution in [3.05, 3.63) is 29.6 Å². The topological polar surface area (TPSA) is 53.2 Å². The van der Waals surface area contributed by atoms with E-state index in [2.05, 4.69) is 0 Å². The Bertz CT molecular complexity index is 360. The summed E-state index contributed by atoms with van der Waals surface area (Å²) in [5.41, 5.74) is 0.0385. The molecule has 0 aliphatic heterocycles. The Kier molecular flexibility index (Phi) is 3.43. The van der Waals surface area contributed by atoms with Crippen LogP contribution in [0, 0.1) is 17.1 Å². The van der Waals surface area contributed by atoms with Gasteiger partial charge in [-0.25, -0.2) is 4.39 Å². The van der Waals surface area contributed by atoms with Gasteiger partial charge in [0, 0.05) is 0 Å². The molecule has 1 unspecified atom stereocenters. The predicted octanol–water partition coefficient (Wildman–Crippen LogP) is 1.78. The van der Waals surface area contributed by atoms with Crippen LogP contribution >= 0.6 is 0 Å². The molecular formula is C10H10FNO2. The number of halogens is 1. The number of benzene rings is 1. The number of aliphatic hydroxyl groups excluding tert-OH is 1. The Labute approximate surface area is 81.4 Å². The van der Waals surface area contributed by atoms with Crippen molar-refractivity contribution in [1.82, 2.24) is 0 Å². The summed E-state index contributed by atoms with van der Waals surface area (Å²) in [7, 11) is 1.39. The van der Waals surface area contributed by atoms with E-state index in [4.69, 9.17) is 10.00 Å². The second-order valence-corrected chi connectivity index (χ2v) is 2.73. The Morgan fingerprint density at radius 1 is 1.64 bits per heavy atom. The number of hydrogen-bond acceptors (Lipinski definition) is 3. The number of methoxy groups -OCH3 is 1. The van der Waals surface area contributed by atoms with Crippen LogP contribution in [-0.2, 0) is 0 Å². The van der Waals surface area contributed by atoms with Gasteiger partial charge in [0.05, 0.1) is 31.3 Å². The fourth-order valence-electron chi connectivity index (χ4n) is 1.21. The second-order valence-electron chi connectivity index (χ2n) is 2.73. The first-order valence-corrected chi connectivity index (χ1v) is 4.08. The van der Waals surface area contributed by atoms with Gasteiger partial charge in [0.15, 0.2) is 0 Å². The molecule has 1 N–H and O–H groups in total. The van der Waals surface area contributed by atoms with E-state index in [0.29, 0.717) is 0 Å². The average Bonchev–Trinajstić information content (AvgIpc) is 2.17. The minimum absolute atomic E-state index is 0.0385. The van der Waals surface area contributed by atoms with Crippen LogP contribution in [0.3, 0.4) is 0 Å². The molecule has 0 fully saturated rings. The highest BCUT2D eigenvalue weighted by molar-refractivity contribution is 5.36. The van der Waals surface area contributed by atoms with Gasteiger partial charge in [-0.3, -0.25) is 0 Å². The summed E-state index contributed by atoms with van der Waals surface area (Å²) in [4.78, 5) is 0. The lowest BCUT2D eigenvalue weighted by Crippen LogP contribution is -2.02. The number of nitriles is 1. The van der Waals surface area contributed by atoms with Crippen molar-refractivity contribution < 1.29 is 14.2 Å². The van der Waals surface area contributed by atoms with Gasteiger partial charge in [-0.15, -0.1) is 0 Å². The molecule has 0 radical (unpaired) electrons. The van der Waals surface area contributed by atoms with Gasteiger partial charge in [0.25, 0.3) is 0 Å². The van der Waals surface area contributed by atoms with Gasteiger partial charge < -0.3 is 9.84 Å². The highest BCUT2D eigenvalue weighted by Crippen LogP contribution is 2.29. The first kappa shape index (κ1) is 10.5. The molecule has 0 heterocycles. The van der Waals surface area contributed by atoms with Gasteiger partial charge in [-0.05, 0) is 12.1 Å². The highest BCUT2D eigenvalue weighted by atomic mass is 19.1. The Balaban J connectivity index is 3.11. The maximum Gasteiger partial charge on any atom is 0.132 e. The Hall–Kier alpha value is -1.60. The number of rotatable bonds is 3. The summed E-state index contributed by atoms with van der Waals surface area (Å²) < 4.78 is 18.1. The molecule has 4 heteroatoms. The highest BCUT2D eigenvalue weighted by Gasteiger charge is 2.17. The van der Waals surface area contributed by atoms with Crippen LogP contribution in [0.25, 0.3) is 0 Å². The van der Waals surface area contributed by atoms with E-state index in [1.807, 2.05) is 0 Å². The van der Waals surface area contributed by atoms with Crippen molar-refractivity contribution in [2.75, 3.05) is 7.11 Å². The number of ether oxygens (including phenoxy) is 1. The smallest absolute Gasteiger partial charge is 0.132 e. The van der Waals surface area contributed by atoms with Crippen molar-refractivity contribution in [1.29, 1.82) is 5.26 Å². The third kappa shape index (κ3) is 2.01. The molecule has 0 amide bonds. The van der Waals surface area contributed by atoms with Crippen LogP contribution in [0.15, 0.2) is 18.2 Å². The molecule has 0 spiro atoms. The number of aliphatic hydroxyl groups is 1. The van der Waals surface area contributed by atoms with Crippen molar-refractivity contribution in [3.63, 3.8) is 0 Å². The maximum atomic E-state index is 13.3. The van der Waals surface area contributed by atoms with Gasteiger partial charge in [-0.2, -0.15) is 5.26 Å². The number of nitrogens with zero attached hydrogens (tertiary/aromatic N) is 1. The van der Waals surface area contributed by atoms with Crippen LogP contribution in [-0.4, -0.2) is 12.2 Å². The molecule has 3 nitrogen and oxygen atoms in total. The summed E-state index contributed by atoms with van der Waals surface area (Å²) in [5, 5.41) is 17.8. The zero-order chi connectivity index (χ0) is 10.6. The largest absolute Gasteiger partial charge is 0.496 e. The fraction of sp³-hybridized carbons (Fsp3) is 0.300. The lowest BCUT2D eigenvalue weighted by Gasteiger charge is -2.12. The molecule has 1 aromatic carbocycles. The van der Waals surface area contributed by atoms with E-state index in [1.165, 1.54) is 19.2 Å². The minimum Gasteiger partial charge on any atom is -0.496 e. The summed E-state index contributed by atoms with van der Waals surface area (Å²) in [6.45, 7) is 0. The second kappa shape index (κ2) is 4.58. The molecule has 0 aliphatic carbocycles. The van der Waals surface area contributed by atoms with Crippen molar-refractivity contribution in [2.45, 2.75) is 12.5 Å². The molecule has 14 heavy (non-hydrogen) atoms. The van der Waals surface area contributed by atoms with Crippen LogP contribution in [0.4, 0.5) is 4.39 Å². The van der Waals surface area contributed by atoms with Crippen molar-refractivity contribution >= 4 is 0 Å². The van der Waals surface area contributed by atoms with Crippen molar-refractivity contribution in [2.24, 2.45) is 0 Å². The van der Waals surface area contributed by atoms with E-state index in [0.717, 1.165) is 0 Å². The van der Waals surface area contributed by atoms with E-state index in [-0.39, 0.29) is 17.7 Å². The molecule has 0 aromatic heterocycles. The standard InChI is InChI=1S/C10H10FNO2/c1-14-9-4-2-3-7(11)10(9)8(13)5-6-12/h2-4,8,13H,5H2,1H3. The summed E-state index contributed by atoms with van der Waals surface area (Å²) >= 11 is 0. The molecule has 1 atom stereocenters. The van der Waals surface area contributed by atoms with E-state index < -0.39 is 11.9 Å². The van der Waals surface area contributed by atoms with Gasteiger partial charge in [0.2, 0.25) is 0 Å². The van der Waals surface area contributed by atoms with Gasteiger partial charge in [-0.1, -0.05) is 6.07 Å². The molecule has 74 valence electrons. The number of hydrogen-bond donors (Lipinski definition) is 1. The monoisotopic (exact) mass is 195 g/mol. The van der Waals surface area contributed by atoms with Crippen LogP contribution in [0.2, 0.25) is 0 Å². The van der Waals surface area contributed by atoms with Crippen molar-refractivity contribution in [3.8, 4) is 11.8 Å². The molecular weight excluding hydrogens is 185 g/mol. The molecule has 1 rings (SSSR count). The summed E-state index contributed by atoms with van der Waals surface area (Å²) in [5.74, 6) is -0.306.